The van der Waals surface area contributed by atoms with Gasteiger partial charge < -0.3 is 0 Å². The second kappa shape index (κ2) is 8.04. The number of carbonyl (C=O) groups is 2. The molecule has 7 nitrogen and oxygen atoms in total. The van der Waals surface area contributed by atoms with Gasteiger partial charge in [-0.2, -0.15) is 0 Å². The highest BCUT2D eigenvalue weighted by Crippen LogP contribution is 2.11. The van der Waals surface area contributed by atoms with Crippen molar-refractivity contribution >= 4 is 22.7 Å². The van der Waals surface area contributed by atoms with Crippen LogP contribution in [0.3, 0.4) is 0 Å². The summed E-state index contributed by atoms with van der Waals surface area (Å²) in [7, 11) is 0. The molecule has 0 unspecified atom stereocenters. The second-order valence-corrected chi connectivity index (χ2v) is 6.78. The number of fused-ring (bicyclic) bond motifs is 1. The average molecular weight is 378 g/mol. The van der Waals surface area contributed by atoms with Crippen LogP contribution in [0.15, 0.2) is 47.5 Å². The molecule has 0 radical (unpaired) electrons. The Morgan fingerprint density at radius 2 is 1.82 bits per heavy atom. The zero-order chi connectivity index (χ0) is 20.3. The SMILES string of the molecule is Cc1ccc(C(=O)NNC(=O)CCn2cnc3c(C)cccc3c2=O)c(C)c1. The molecule has 0 saturated heterocycles. The van der Waals surface area contributed by atoms with Crippen molar-refractivity contribution in [2.45, 2.75) is 33.7 Å². The van der Waals surface area contributed by atoms with Crippen molar-refractivity contribution in [2.24, 2.45) is 0 Å². The Morgan fingerprint density at radius 3 is 2.57 bits per heavy atom. The maximum Gasteiger partial charge on any atom is 0.269 e. The lowest BCUT2D eigenvalue weighted by Gasteiger charge is -2.11. The Morgan fingerprint density at radius 1 is 1.04 bits per heavy atom. The van der Waals surface area contributed by atoms with Crippen LogP contribution in [-0.2, 0) is 11.3 Å². The van der Waals surface area contributed by atoms with Crippen LogP contribution in [0.5, 0.6) is 0 Å². The van der Waals surface area contributed by atoms with Crippen LogP contribution in [0.2, 0.25) is 0 Å². The van der Waals surface area contributed by atoms with E-state index in [0.29, 0.717) is 16.5 Å². The topological polar surface area (TPSA) is 93.1 Å². The normalized spacial score (nSPS) is 10.7. The highest BCUT2D eigenvalue weighted by Gasteiger charge is 2.11. The number of hydrogen-bond acceptors (Lipinski definition) is 4. The number of amides is 2. The molecular weight excluding hydrogens is 356 g/mol. The van der Waals surface area contributed by atoms with Gasteiger partial charge in [-0.3, -0.25) is 29.8 Å². The van der Waals surface area contributed by atoms with Crippen molar-refractivity contribution in [3.63, 3.8) is 0 Å². The molecule has 1 heterocycles. The van der Waals surface area contributed by atoms with Crippen molar-refractivity contribution in [2.75, 3.05) is 0 Å². The molecule has 2 amide bonds. The molecule has 1 aromatic heterocycles. The van der Waals surface area contributed by atoms with Crippen molar-refractivity contribution in [3.8, 4) is 0 Å². The number of nitrogens with one attached hydrogen (secondary N) is 2. The van der Waals surface area contributed by atoms with Gasteiger partial charge in [-0.1, -0.05) is 29.8 Å². The summed E-state index contributed by atoms with van der Waals surface area (Å²) in [6.45, 7) is 5.85. The third-order valence-electron chi connectivity index (χ3n) is 4.58. The fourth-order valence-electron chi connectivity index (χ4n) is 3.04. The number of benzene rings is 2. The lowest BCUT2D eigenvalue weighted by atomic mass is 10.1. The van der Waals surface area contributed by atoms with Crippen LogP contribution in [0.4, 0.5) is 0 Å². The molecular formula is C21H22N4O3. The molecule has 0 aliphatic heterocycles. The van der Waals surface area contributed by atoms with Gasteiger partial charge in [0, 0.05) is 18.5 Å². The van der Waals surface area contributed by atoms with Crippen molar-refractivity contribution in [1.29, 1.82) is 0 Å². The second-order valence-electron chi connectivity index (χ2n) is 6.78. The van der Waals surface area contributed by atoms with Gasteiger partial charge >= 0.3 is 0 Å². The number of aromatic nitrogens is 2. The van der Waals surface area contributed by atoms with E-state index in [0.717, 1.165) is 16.7 Å². The van der Waals surface area contributed by atoms with Crippen molar-refractivity contribution in [1.82, 2.24) is 20.4 Å². The lowest BCUT2D eigenvalue weighted by Crippen LogP contribution is -2.42. The van der Waals surface area contributed by atoms with E-state index >= 15 is 0 Å². The summed E-state index contributed by atoms with van der Waals surface area (Å²) in [6, 6.07) is 10.9. The Hall–Kier alpha value is -3.48. The Balaban J connectivity index is 1.60. The first kappa shape index (κ1) is 19.3. The number of hydrogen-bond donors (Lipinski definition) is 2. The minimum Gasteiger partial charge on any atom is -0.298 e. The summed E-state index contributed by atoms with van der Waals surface area (Å²) in [5.74, 6) is -0.778. The van der Waals surface area contributed by atoms with E-state index in [4.69, 9.17) is 0 Å². The van der Waals surface area contributed by atoms with Gasteiger partial charge in [-0.05, 0) is 44.0 Å². The maximum atomic E-state index is 12.5. The highest BCUT2D eigenvalue weighted by atomic mass is 16.2. The largest absolute Gasteiger partial charge is 0.298 e. The molecule has 144 valence electrons. The van der Waals surface area contributed by atoms with Gasteiger partial charge in [0.1, 0.15) is 0 Å². The Labute approximate surface area is 162 Å². The number of hydrazine groups is 1. The molecule has 0 bridgehead atoms. The summed E-state index contributed by atoms with van der Waals surface area (Å²) in [6.07, 6.45) is 1.48. The number of carbonyl (C=O) groups excluding carboxylic acids is 2. The standard InChI is InChI=1S/C21H22N4O3/c1-13-7-8-16(15(3)11-13)20(27)24-23-18(26)9-10-25-12-22-19-14(2)5-4-6-17(19)21(25)28/h4-8,11-12H,9-10H2,1-3H3,(H,23,26)(H,24,27). The molecule has 7 heteroatoms. The van der Waals surface area contributed by atoms with Gasteiger partial charge in [0.15, 0.2) is 0 Å². The first-order valence-electron chi connectivity index (χ1n) is 8.98. The van der Waals surface area contributed by atoms with E-state index in [1.54, 1.807) is 18.2 Å². The van der Waals surface area contributed by atoms with Gasteiger partial charge in [0.05, 0.1) is 17.2 Å². The van der Waals surface area contributed by atoms with Gasteiger partial charge in [0.2, 0.25) is 5.91 Å². The minimum absolute atomic E-state index is 0.0338. The van der Waals surface area contributed by atoms with Gasteiger partial charge in [-0.15, -0.1) is 0 Å². The van der Waals surface area contributed by atoms with Gasteiger partial charge in [-0.25, -0.2) is 4.98 Å². The maximum absolute atomic E-state index is 12.5. The molecule has 3 rings (SSSR count). The van der Waals surface area contributed by atoms with Crippen LogP contribution >= 0.6 is 0 Å². The van der Waals surface area contributed by atoms with Gasteiger partial charge in [0.25, 0.3) is 11.5 Å². The Kier molecular flexibility index (Phi) is 5.54. The highest BCUT2D eigenvalue weighted by molar-refractivity contribution is 5.96. The number of para-hydroxylation sites is 1. The minimum atomic E-state index is -0.394. The number of aryl methyl sites for hydroxylation is 4. The zero-order valence-corrected chi connectivity index (χ0v) is 16.1. The van der Waals surface area contributed by atoms with Crippen LogP contribution in [0, 0.1) is 20.8 Å². The molecule has 0 fully saturated rings. The molecule has 0 spiro atoms. The fraction of sp³-hybridized carbons (Fsp3) is 0.238. The molecule has 2 N–H and O–H groups in total. The molecule has 2 aromatic carbocycles. The third kappa shape index (κ3) is 4.09. The number of rotatable bonds is 4. The Bertz CT molecular complexity index is 1120. The van der Waals surface area contributed by atoms with Crippen LogP contribution in [-0.4, -0.2) is 21.4 Å². The summed E-state index contributed by atoms with van der Waals surface area (Å²) < 4.78 is 1.40. The van der Waals surface area contributed by atoms with E-state index < -0.39 is 5.91 Å². The lowest BCUT2D eigenvalue weighted by molar-refractivity contribution is -0.122. The summed E-state index contributed by atoms with van der Waals surface area (Å²) in [5, 5.41) is 0.519. The third-order valence-corrected chi connectivity index (χ3v) is 4.58. The predicted octanol–water partition coefficient (Wildman–Crippen LogP) is 2.17. The molecule has 0 aliphatic rings. The van der Waals surface area contributed by atoms with E-state index in [2.05, 4.69) is 15.8 Å². The monoisotopic (exact) mass is 378 g/mol. The average Bonchev–Trinajstić information content (AvgIpc) is 2.66. The van der Waals surface area contributed by atoms with Crippen LogP contribution < -0.4 is 16.4 Å². The zero-order valence-electron chi connectivity index (χ0n) is 16.1. The fourth-order valence-corrected chi connectivity index (χ4v) is 3.04. The van der Waals surface area contributed by atoms with E-state index in [1.165, 1.54) is 10.9 Å². The van der Waals surface area contributed by atoms with Crippen LogP contribution in [0.1, 0.15) is 33.5 Å². The molecule has 0 aliphatic carbocycles. The van der Waals surface area contributed by atoms with Crippen molar-refractivity contribution in [3.05, 3.63) is 75.3 Å². The smallest absolute Gasteiger partial charge is 0.269 e. The molecule has 3 aromatic rings. The molecule has 28 heavy (non-hydrogen) atoms. The quantitative estimate of drug-likeness (QED) is 0.681. The first-order valence-corrected chi connectivity index (χ1v) is 8.98. The predicted molar refractivity (Wildman–Crippen MR) is 107 cm³/mol. The van der Waals surface area contributed by atoms with E-state index in [9.17, 15) is 14.4 Å². The summed E-state index contributed by atoms with van der Waals surface area (Å²) in [4.78, 5) is 41.1. The van der Waals surface area contributed by atoms with Crippen LogP contribution in [0.25, 0.3) is 10.9 Å². The van der Waals surface area contributed by atoms with E-state index in [-0.39, 0.29) is 24.4 Å². The first-order chi connectivity index (χ1) is 13.4. The van der Waals surface area contributed by atoms with Crippen molar-refractivity contribution < 1.29 is 9.59 Å². The summed E-state index contributed by atoms with van der Waals surface area (Å²) in [5.41, 5.74) is 8.57. The molecule has 0 atom stereocenters. The molecule has 0 saturated carbocycles. The number of nitrogens with zero attached hydrogens (tertiary/aromatic N) is 2. The van der Waals surface area contributed by atoms with E-state index in [1.807, 2.05) is 39.0 Å². The summed E-state index contributed by atoms with van der Waals surface area (Å²) >= 11 is 0.